The molecule has 1 amide bonds. The summed E-state index contributed by atoms with van der Waals surface area (Å²) in [6, 6.07) is 9.85. The van der Waals surface area contributed by atoms with Crippen molar-refractivity contribution in [1.82, 2.24) is 4.90 Å². The van der Waals surface area contributed by atoms with Crippen LogP contribution in [-0.2, 0) is 20.7 Å². The van der Waals surface area contributed by atoms with Crippen molar-refractivity contribution in [2.24, 2.45) is 0 Å². The zero-order valence-corrected chi connectivity index (χ0v) is 17.0. The van der Waals surface area contributed by atoms with Crippen molar-refractivity contribution in [1.29, 1.82) is 0 Å². The van der Waals surface area contributed by atoms with Crippen LogP contribution in [0.1, 0.15) is 58.4 Å². The first kappa shape index (κ1) is 20.8. The molecule has 1 heterocycles. The van der Waals surface area contributed by atoms with Crippen molar-refractivity contribution < 1.29 is 14.3 Å². The number of ether oxygens (including phenoxy) is 1. The fourth-order valence-corrected chi connectivity index (χ4v) is 4.61. The predicted molar refractivity (Wildman–Crippen MR) is 107 cm³/mol. The zero-order valence-electron chi connectivity index (χ0n) is 16.1. The third-order valence-electron chi connectivity index (χ3n) is 4.52. The molecule has 0 N–H and O–H groups in total. The Morgan fingerprint density at radius 3 is 2.62 bits per heavy atom. The molecule has 1 aromatic rings. The van der Waals surface area contributed by atoms with E-state index in [4.69, 9.17) is 4.74 Å². The van der Waals surface area contributed by atoms with E-state index in [0.717, 1.165) is 32.1 Å². The van der Waals surface area contributed by atoms with E-state index in [1.807, 2.05) is 36.9 Å². The minimum absolute atomic E-state index is 0.0500. The first-order valence-electron chi connectivity index (χ1n) is 9.70. The Labute approximate surface area is 161 Å². The van der Waals surface area contributed by atoms with Crippen LogP contribution in [0.5, 0.6) is 0 Å². The molecule has 2 unspecified atom stereocenters. The summed E-state index contributed by atoms with van der Waals surface area (Å²) >= 11 is 1.71. The number of esters is 1. The molecule has 1 aliphatic heterocycles. The summed E-state index contributed by atoms with van der Waals surface area (Å²) in [7, 11) is 0. The van der Waals surface area contributed by atoms with Crippen molar-refractivity contribution in [2.75, 3.05) is 5.75 Å². The van der Waals surface area contributed by atoms with E-state index >= 15 is 0 Å². The molecule has 4 nitrogen and oxygen atoms in total. The van der Waals surface area contributed by atoms with Gasteiger partial charge in [0.2, 0.25) is 5.91 Å². The van der Waals surface area contributed by atoms with Crippen LogP contribution in [0.2, 0.25) is 0 Å². The topological polar surface area (TPSA) is 46.6 Å². The maximum atomic E-state index is 12.8. The van der Waals surface area contributed by atoms with Gasteiger partial charge in [-0.3, -0.25) is 4.79 Å². The smallest absolute Gasteiger partial charge is 0.330 e. The van der Waals surface area contributed by atoms with Gasteiger partial charge >= 0.3 is 5.97 Å². The second kappa shape index (κ2) is 10.6. The van der Waals surface area contributed by atoms with Crippen molar-refractivity contribution in [3.63, 3.8) is 0 Å². The molecule has 0 saturated carbocycles. The van der Waals surface area contributed by atoms with Gasteiger partial charge in [-0.1, -0.05) is 50.1 Å². The van der Waals surface area contributed by atoms with Crippen molar-refractivity contribution in [2.45, 2.75) is 76.8 Å². The number of unbranched alkanes of at least 4 members (excludes halogenated alkanes) is 2. The Balaban J connectivity index is 2.04. The van der Waals surface area contributed by atoms with Gasteiger partial charge in [-0.15, -0.1) is 11.8 Å². The second-order valence-electron chi connectivity index (χ2n) is 7.07. The molecular weight excluding hydrogens is 346 g/mol. The highest BCUT2D eigenvalue weighted by Gasteiger charge is 2.41. The molecule has 0 aromatic heterocycles. The molecule has 0 radical (unpaired) electrons. The largest absolute Gasteiger partial charge is 0.461 e. The van der Waals surface area contributed by atoms with E-state index in [0.29, 0.717) is 12.2 Å². The van der Waals surface area contributed by atoms with Crippen molar-refractivity contribution in [3.05, 3.63) is 35.9 Å². The molecule has 1 aromatic carbocycles. The zero-order chi connectivity index (χ0) is 18.9. The molecule has 1 aliphatic rings. The van der Waals surface area contributed by atoms with E-state index in [1.54, 1.807) is 11.8 Å². The van der Waals surface area contributed by atoms with Gasteiger partial charge in [0.1, 0.15) is 6.04 Å². The fourth-order valence-electron chi connectivity index (χ4n) is 3.20. The highest BCUT2D eigenvalue weighted by Crippen LogP contribution is 2.34. The predicted octanol–water partition coefficient (Wildman–Crippen LogP) is 4.42. The standard InChI is InChI=1S/C21H31NO3S/c1-4-5-7-12-19(23)22-18(21(24)25-16(2)3)15-26-20(22)14-13-17-10-8-6-9-11-17/h6,8-11,16,18,20H,4-5,7,12-15H2,1-3H3. The summed E-state index contributed by atoms with van der Waals surface area (Å²) in [6.45, 7) is 5.82. The minimum atomic E-state index is -0.447. The maximum absolute atomic E-state index is 12.8. The van der Waals surface area contributed by atoms with Crippen LogP contribution in [-0.4, -0.2) is 40.0 Å². The number of nitrogens with zero attached hydrogens (tertiary/aromatic N) is 1. The number of carbonyl (C=O) groups is 2. The van der Waals surface area contributed by atoms with Gasteiger partial charge in [-0.2, -0.15) is 0 Å². The third kappa shape index (κ3) is 6.04. The molecule has 0 bridgehead atoms. The van der Waals surface area contributed by atoms with Gasteiger partial charge < -0.3 is 9.64 Å². The molecule has 0 spiro atoms. The lowest BCUT2D eigenvalue weighted by molar-refractivity contribution is -0.157. The average Bonchev–Trinajstić information content (AvgIpc) is 3.04. The maximum Gasteiger partial charge on any atom is 0.330 e. The van der Waals surface area contributed by atoms with E-state index in [-0.39, 0.29) is 23.4 Å². The average molecular weight is 378 g/mol. The highest BCUT2D eigenvalue weighted by atomic mass is 32.2. The Morgan fingerprint density at radius 1 is 1.23 bits per heavy atom. The second-order valence-corrected chi connectivity index (χ2v) is 8.28. The van der Waals surface area contributed by atoms with E-state index in [9.17, 15) is 9.59 Å². The van der Waals surface area contributed by atoms with Crippen LogP contribution in [0, 0.1) is 0 Å². The quantitative estimate of drug-likeness (QED) is 0.472. The molecule has 1 fully saturated rings. The molecule has 144 valence electrons. The number of amides is 1. The van der Waals surface area contributed by atoms with Gasteiger partial charge in [-0.05, 0) is 38.7 Å². The number of carbonyl (C=O) groups excluding carboxylic acids is 2. The monoisotopic (exact) mass is 377 g/mol. The first-order chi connectivity index (χ1) is 12.5. The van der Waals surface area contributed by atoms with Crippen LogP contribution in [0.15, 0.2) is 30.3 Å². The Bertz CT molecular complexity index is 576. The Kier molecular flexibility index (Phi) is 8.49. The molecule has 2 rings (SSSR count). The fraction of sp³-hybridized carbons (Fsp3) is 0.619. The number of aryl methyl sites for hydroxylation is 1. The summed E-state index contributed by atoms with van der Waals surface area (Å²) < 4.78 is 5.41. The molecule has 26 heavy (non-hydrogen) atoms. The van der Waals surface area contributed by atoms with Gasteiger partial charge in [0.15, 0.2) is 0 Å². The van der Waals surface area contributed by atoms with Gasteiger partial charge in [0, 0.05) is 12.2 Å². The number of hydrogen-bond donors (Lipinski definition) is 0. The lowest BCUT2D eigenvalue weighted by atomic mass is 10.1. The minimum Gasteiger partial charge on any atom is -0.461 e. The van der Waals surface area contributed by atoms with Crippen molar-refractivity contribution in [3.8, 4) is 0 Å². The Morgan fingerprint density at radius 2 is 1.96 bits per heavy atom. The van der Waals surface area contributed by atoms with Gasteiger partial charge in [-0.25, -0.2) is 4.79 Å². The summed E-state index contributed by atoms with van der Waals surface area (Å²) in [5, 5.41) is 0.0500. The van der Waals surface area contributed by atoms with E-state index < -0.39 is 6.04 Å². The third-order valence-corrected chi connectivity index (χ3v) is 5.88. The van der Waals surface area contributed by atoms with Crippen LogP contribution in [0.25, 0.3) is 0 Å². The summed E-state index contributed by atoms with van der Waals surface area (Å²) in [5.41, 5.74) is 1.26. The van der Waals surface area contributed by atoms with Crippen LogP contribution >= 0.6 is 11.8 Å². The van der Waals surface area contributed by atoms with Gasteiger partial charge in [0.05, 0.1) is 11.5 Å². The van der Waals surface area contributed by atoms with E-state index in [2.05, 4.69) is 19.1 Å². The molecule has 0 aliphatic carbocycles. The molecular formula is C21H31NO3S. The SMILES string of the molecule is CCCCCC(=O)N1C(CCc2ccccc2)SCC1C(=O)OC(C)C. The van der Waals surface area contributed by atoms with Gasteiger partial charge in [0.25, 0.3) is 0 Å². The number of hydrogen-bond acceptors (Lipinski definition) is 4. The Hall–Kier alpha value is -1.49. The van der Waals surface area contributed by atoms with Crippen LogP contribution in [0.4, 0.5) is 0 Å². The molecule has 2 atom stereocenters. The first-order valence-corrected chi connectivity index (χ1v) is 10.7. The number of thioether (sulfide) groups is 1. The molecule has 1 saturated heterocycles. The van der Waals surface area contributed by atoms with Crippen LogP contribution in [0.3, 0.4) is 0 Å². The summed E-state index contributed by atoms with van der Waals surface area (Å²) in [6.07, 6.45) is 5.13. The number of benzene rings is 1. The summed E-state index contributed by atoms with van der Waals surface area (Å²) in [5.74, 6) is 0.454. The van der Waals surface area contributed by atoms with E-state index in [1.165, 1.54) is 5.56 Å². The normalized spacial score (nSPS) is 19.8. The summed E-state index contributed by atoms with van der Waals surface area (Å²) in [4.78, 5) is 27.2. The number of rotatable bonds is 9. The van der Waals surface area contributed by atoms with Crippen molar-refractivity contribution >= 4 is 23.6 Å². The molecule has 5 heteroatoms. The van der Waals surface area contributed by atoms with Crippen LogP contribution < -0.4 is 0 Å². The lowest BCUT2D eigenvalue weighted by Crippen LogP contribution is -2.46. The highest BCUT2D eigenvalue weighted by molar-refractivity contribution is 8.00. The lowest BCUT2D eigenvalue weighted by Gasteiger charge is -2.29.